The largest absolute Gasteiger partial charge is 0.501 e. The van der Waals surface area contributed by atoms with Gasteiger partial charge in [0, 0.05) is 31.4 Å². The molecular weight excluding hydrogens is 353 g/mol. The minimum Gasteiger partial charge on any atom is -0.374 e. The minimum atomic E-state index is -4.48. The van der Waals surface area contributed by atoms with E-state index in [1.807, 2.05) is 20.8 Å². The van der Waals surface area contributed by atoms with Gasteiger partial charge < -0.3 is 13.3 Å². The first-order valence-electron chi connectivity index (χ1n) is 8.32. The summed E-state index contributed by atoms with van der Waals surface area (Å²) in [6, 6.07) is 3.65. The SMILES string of the molecule is CCO[Si](CCc1ccc(C(F)(F)F)cc1C(C)=O)(OCC)OCC. The van der Waals surface area contributed by atoms with Gasteiger partial charge in [-0.2, -0.15) is 13.2 Å². The number of alkyl halides is 3. The highest BCUT2D eigenvalue weighted by molar-refractivity contribution is 6.60. The quantitative estimate of drug-likeness (QED) is 0.444. The highest BCUT2D eigenvalue weighted by Gasteiger charge is 2.40. The summed E-state index contributed by atoms with van der Waals surface area (Å²) in [5, 5.41) is 0. The Kier molecular flexibility index (Phi) is 8.26. The number of hydrogen-bond acceptors (Lipinski definition) is 4. The molecule has 0 bridgehead atoms. The summed E-state index contributed by atoms with van der Waals surface area (Å²) in [7, 11) is -2.92. The predicted molar refractivity (Wildman–Crippen MR) is 90.6 cm³/mol. The van der Waals surface area contributed by atoms with Gasteiger partial charge in [0.15, 0.2) is 5.78 Å². The first-order chi connectivity index (χ1) is 11.7. The number of halogens is 3. The fourth-order valence-electron chi connectivity index (χ4n) is 2.59. The Bertz CT molecular complexity index is 558. The number of hydrogen-bond donors (Lipinski definition) is 0. The van der Waals surface area contributed by atoms with Gasteiger partial charge in [-0.15, -0.1) is 0 Å². The molecule has 1 aromatic carbocycles. The molecule has 0 fully saturated rings. The van der Waals surface area contributed by atoms with Crippen molar-refractivity contribution in [1.29, 1.82) is 0 Å². The maximum atomic E-state index is 12.9. The first kappa shape index (κ1) is 21.8. The van der Waals surface area contributed by atoms with E-state index in [2.05, 4.69) is 0 Å². The van der Waals surface area contributed by atoms with Gasteiger partial charge in [-0.05, 0) is 51.8 Å². The molecule has 0 unspecified atom stereocenters. The molecule has 4 nitrogen and oxygen atoms in total. The summed E-state index contributed by atoms with van der Waals surface area (Å²) in [5.74, 6) is -0.405. The van der Waals surface area contributed by atoms with E-state index in [9.17, 15) is 18.0 Å². The minimum absolute atomic E-state index is 0.0715. The molecule has 0 aromatic heterocycles. The molecule has 0 aliphatic carbocycles. The van der Waals surface area contributed by atoms with Crippen LogP contribution in [0.15, 0.2) is 18.2 Å². The lowest BCUT2D eigenvalue weighted by Gasteiger charge is -2.28. The van der Waals surface area contributed by atoms with Gasteiger partial charge >= 0.3 is 15.0 Å². The molecule has 0 atom stereocenters. The topological polar surface area (TPSA) is 44.8 Å². The fourth-order valence-corrected chi connectivity index (χ4v) is 5.17. The van der Waals surface area contributed by atoms with Crippen molar-refractivity contribution in [3.05, 3.63) is 34.9 Å². The van der Waals surface area contributed by atoms with Crippen molar-refractivity contribution in [1.82, 2.24) is 0 Å². The monoisotopic (exact) mass is 378 g/mol. The molecule has 1 rings (SSSR count). The van der Waals surface area contributed by atoms with E-state index < -0.39 is 26.3 Å². The Balaban J connectivity index is 3.09. The van der Waals surface area contributed by atoms with Gasteiger partial charge in [-0.25, -0.2) is 0 Å². The number of aryl methyl sites for hydroxylation is 1. The lowest BCUT2D eigenvalue weighted by molar-refractivity contribution is -0.137. The number of benzene rings is 1. The number of carbonyl (C=O) groups excluding carboxylic acids is 1. The summed E-state index contributed by atoms with van der Waals surface area (Å²) >= 11 is 0. The Morgan fingerprint density at radius 1 is 1.04 bits per heavy atom. The van der Waals surface area contributed by atoms with Crippen LogP contribution in [0.2, 0.25) is 6.04 Å². The van der Waals surface area contributed by atoms with E-state index in [4.69, 9.17) is 13.3 Å². The van der Waals surface area contributed by atoms with Crippen LogP contribution in [0.1, 0.15) is 49.2 Å². The number of ketones is 1. The number of rotatable bonds is 10. The maximum Gasteiger partial charge on any atom is 0.501 e. The van der Waals surface area contributed by atoms with Crippen LogP contribution < -0.4 is 0 Å². The second-order valence-electron chi connectivity index (χ2n) is 5.41. The molecule has 1 aromatic rings. The zero-order valence-corrected chi connectivity index (χ0v) is 16.0. The molecule has 0 aliphatic rings. The smallest absolute Gasteiger partial charge is 0.374 e. The van der Waals surface area contributed by atoms with E-state index in [-0.39, 0.29) is 5.56 Å². The van der Waals surface area contributed by atoms with Crippen LogP contribution in [0, 0.1) is 0 Å². The van der Waals surface area contributed by atoms with Crippen molar-refractivity contribution in [3.8, 4) is 0 Å². The third-order valence-electron chi connectivity index (χ3n) is 3.61. The Labute approximate surface area is 147 Å². The van der Waals surface area contributed by atoms with Crippen LogP contribution in [-0.4, -0.2) is 34.4 Å². The van der Waals surface area contributed by atoms with E-state index in [0.29, 0.717) is 37.8 Å². The molecule has 0 heterocycles. The molecule has 0 radical (unpaired) electrons. The lowest BCUT2D eigenvalue weighted by Crippen LogP contribution is -2.46. The molecule has 0 N–H and O–H groups in total. The highest BCUT2D eigenvalue weighted by Crippen LogP contribution is 2.31. The summed E-state index contributed by atoms with van der Waals surface area (Å²) in [4.78, 5) is 11.8. The Hall–Kier alpha value is -1.22. The van der Waals surface area contributed by atoms with Crippen LogP contribution in [0.25, 0.3) is 0 Å². The highest BCUT2D eigenvalue weighted by atomic mass is 28.4. The Morgan fingerprint density at radius 2 is 1.56 bits per heavy atom. The molecular formula is C17H25F3O4Si. The molecule has 142 valence electrons. The van der Waals surface area contributed by atoms with Gasteiger partial charge in [0.05, 0.1) is 5.56 Å². The number of carbonyl (C=O) groups is 1. The fraction of sp³-hybridized carbons (Fsp3) is 0.588. The normalized spacial score (nSPS) is 12.4. The van der Waals surface area contributed by atoms with Crippen LogP contribution in [0.5, 0.6) is 0 Å². The molecule has 8 heteroatoms. The lowest BCUT2D eigenvalue weighted by atomic mass is 9.99. The van der Waals surface area contributed by atoms with Gasteiger partial charge in [0.2, 0.25) is 0 Å². The van der Waals surface area contributed by atoms with Crippen LogP contribution in [0.4, 0.5) is 13.2 Å². The van der Waals surface area contributed by atoms with E-state index in [1.54, 1.807) is 0 Å². The van der Waals surface area contributed by atoms with Crippen molar-refractivity contribution in [3.63, 3.8) is 0 Å². The summed E-state index contributed by atoms with van der Waals surface area (Å²) < 4.78 is 55.8. The summed E-state index contributed by atoms with van der Waals surface area (Å²) in [6.07, 6.45) is -4.14. The average molecular weight is 378 g/mol. The van der Waals surface area contributed by atoms with Gasteiger partial charge in [-0.1, -0.05) is 6.07 Å². The third kappa shape index (κ3) is 6.21. The molecule has 0 saturated carbocycles. The van der Waals surface area contributed by atoms with Crippen LogP contribution >= 0.6 is 0 Å². The van der Waals surface area contributed by atoms with Crippen LogP contribution in [0.3, 0.4) is 0 Å². The average Bonchev–Trinajstić information content (AvgIpc) is 2.52. The zero-order valence-electron chi connectivity index (χ0n) is 15.0. The molecule has 0 saturated heterocycles. The van der Waals surface area contributed by atoms with Crippen molar-refractivity contribution < 1.29 is 31.2 Å². The predicted octanol–water partition coefficient (Wildman–Crippen LogP) is 4.50. The standard InChI is InChI=1S/C17H25F3O4Si/c1-5-22-25(23-6-2,24-7-3)11-10-14-8-9-15(17(18,19)20)12-16(14)13(4)21/h8-9,12H,5-7,10-11H2,1-4H3. The van der Waals surface area contributed by atoms with Gasteiger partial charge in [0.1, 0.15) is 0 Å². The van der Waals surface area contributed by atoms with Crippen molar-refractivity contribution >= 4 is 14.6 Å². The molecule has 0 aliphatic heterocycles. The van der Waals surface area contributed by atoms with Gasteiger partial charge in [0.25, 0.3) is 0 Å². The molecule has 0 spiro atoms. The number of Topliss-reactive ketones (excluding diaryl/α,β-unsaturated/α-hetero) is 1. The second kappa shape index (κ2) is 9.47. The third-order valence-corrected chi connectivity index (χ3v) is 6.66. The van der Waals surface area contributed by atoms with E-state index >= 15 is 0 Å². The summed E-state index contributed by atoms with van der Waals surface area (Å²) in [6.45, 7) is 8.00. The molecule has 25 heavy (non-hydrogen) atoms. The zero-order chi connectivity index (χ0) is 19.1. The van der Waals surface area contributed by atoms with Crippen molar-refractivity contribution in [2.24, 2.45) is 0 Å². The second-order valence-corrected chi connectivity index (χ2v) is 8.14. The molecule has 0 amide bonds. The van der Waals surface area contributed by atoms with Gasteiger partial charge in [-0.3, -0.25) is 4.79 Å². The van der Waals surface area contributed by atoms with Crippen molar-refractivity contribution in [2.45, 2.75) is 46.3 Å². The van der Waals surface area contributed by atoms with E-state index in [0.717, 1.165) is 12.1 Å². The van der Waals surface area contributed by atoms with Crippen molar-refractivity contribution in [2.75, 3.05) is 19.8 Å². The Morgan fingerprint density at radius 3 is 1.96 bits per heavy atom. The summed E-state index contributed by atoms with van der Waals surface area (Å²) in [5.41, 5.74) is -0.219. The maximum absolute atomic E-state index is 12.9. The first-order valence-corrected chi connectivity index (χ1v) is 10.2. The van der Waals surface area contributed by atoms with Crippen LogP contribution in [-0.2, 0) is 25.9 Å². The van der Waals surface area contributed by atoms with E-state index in [1.165, 1.54) is 13.0 Å².